The standard InChI is InChI=1S/6C8H6O4.4H2O.8O.8Ti/c6*9-7(10)5-1-2-6(4-3-5)8(11)12;;;;;;;;;;;;;;;;;;;;/h6*1-4H,(H,9,10)(H,11,12);4*1H2;;;;;;;;;;;;;;;;/q;;;;;;;;;;8*-2;8*+4/p-16. The molecule has 0 bridgehead atoms. The first-order valence-electron chi connectivity index (χ1n) is 18.8. The molecule has 6 aromatic carbocycles. The predicted molar refractivity (Wildman–Crippen MR) is 224 cm³/mol. The molecule has 6 aromatic rings. The minimum atomic E-state index is -1.33. The average Bonchev–Trinajstić information content (AvgIpc) is 3.35. The molecule has 0 atom stereocenters. The third-order valence-electron chi connectivity index (χ3n) is 8.14. The predicted octanol–water partition coefficient (Wildman–Crippen LogP) is -11.2. The number of rotatable bonds is 12. The van der Waals surface area contributed by atoms with Crippen molar-refractivity contribution in [2.75, 3.05) is 0 Å². The first-order chi connectivity index (χ1) is 33.7. The number of carboxylic acids is 12. The van der Waals surface area contributed by atoms with Crippen LogP contribution in [0.2, 0.25) is 0 Å². The maximum absolute atomic E-state index is 10.2. The van der Waals surface area contributed by atoms with Crippen LogP contribution < -0.4 is 61.3 Å². The van der Waals surface area contributed by atoms with E-state index in [1.165, 1.54) is 0 Å². The van der Waals surface area contributed by atoms with Crippen LogP contribution in [0.1, 0.15) is 124 Å². The van der Waals surface area contributed by atoms with E-state index in [1.54, 1.807) is 0 Å². The second-order valence-corrected chi connectivity index (χ2v) is 12.9. The van der Waals surface area contributed by atoms with Crippen molar-refractivity contribution in [2.24, 2.45) is 0 Å². The van der Waals surface area contributed by atoms with Gasteiger partial charge < -0.3 is 185 Å². The topological polar surface area (TPSA) is 830 Å². The zero-order valence-electron chi connectivity index (χ0n) is 44.7. The fourth-order valence-corrected chi connectivity index (χ4v) is 4.45. The summed E-state index contributed by atoms with van der Waals surface area (Å²) in [5.74, 6) is -16.0. The van der Waals surface area contributed by atoms with Crippen molar-refractivity contribution in [1.29, 1.82) is 0 Å². The van der Waals surface area contributed by atoms with Gasteiger partial charge in [-0.1, -0.05) is 146 Å². The van der Waals surface area contributed by atoms with Crippen LogP contribution >= 0.6 is 0 Å². The van der Waals surface area contributed by atoms with Gasteiger partial charge in [-0.25, -0.2) is 0 Å². The Bertz CT molecular complexity index is 2260. The van der Waals surface area contributed by atoms with E-state index in [1.807, 2.05) is 0 Å². The molecule has 0 unspecified atom stereocenters. The zero-order valence-corrected chi connectivity index (χ0v) is 57.2. The number of aromatic carboxylic acids is 12. The second kappa shape index (κ2) is 74.2. The van der Waals surface area contributed by atoms with Crippen LogP contribution in [0.5, 0.6) is 0 Å². The van der Waals surface area contributed by atoms with Gasteiger partial charge in [0, 0.05) is 0 Å². The zero-order chi connectivity index (χ0) is 54.8. The number of carbonyl (C=O) groups excluding carboxylic acids is 12. The molecule has 0 saturated carbocycles. The molecule has 0 fully saturated rings. The maximum Gasteiger partial charge on any atom is 4.00 e. The molecule has 0 heterocycles. The molecule has 0 aliphatic rings. The summed E-state index contributed by atoms with van der Waals surface area (Å²) in [7, 11) is 0. The molecule has 92 heavy (non-hydrogen) atoms. The Labute approximate surface area is 635 Å². The third-order valence-corrected chi connectivity index (χ3v) is 8.14. The molecule has 0 amide bonds. The fraction of sp³-hybridized carbons (Fsp3) is 0. The molecular weight excluding hydrogens is 1540 g/mol. The fourth-order valence-electron chi connectivity index (χ4n) is 4.45. The molecule has 0 aliphatic carbocycles. The molecular formula is C48H28O36Ti8. The molecule has 36 nitrogen and oxygen atoms in total. The molecule has 0 aliphatic heterocycles. The van der Waals surface area contributed by atoms with Gasteiger partial charge in [-0.2, -0.15) is 0 Å². The summed E-state index contributed by atoms with van der Waals surface area (Å²) < 4.78 is 0. The number of hydrogen-bond donors (Lipinski definition) is 0. The summed E-state index contributed by atoms with van der Waals surface area (Å²) in [6.45, 7) is 0. The normalized spacial score (nSPS) is 7.30. The molecule has 44 heteroatoms. The molecule has 0 aromatic heterocycles. The van der Waals surface area contributed by atoms with E-state index >= 15 is 0 Å². The van der Waals surface area contributed by atoms with Crippen LogP contribution in [0.4, 0.5) is 0 Å². The summed E-state index contributed by atoms with van der Waals surface area (Å²) in [5, 5.41) is 122. The van der Waals surface area contributed by atoms with Gasteiger partial charge in [-0.3, -0.25) is 0 Å². The largest absolute Gasteiger partial charge is 4.00 e. The van der Waals surface area contributed by atoms with Crippen LogP contribution in [-0.4, -0.2) is 93.5 Å². The van der Waals surface area contributed by atoms with Crippen molar-refractivity contribution < 1.29 is 358 Å². The van der Waals surface area contributed by atoms with Crippen molar-refractivity contribution in [2.45, 2.75) is 0 Å². The summed E-state index contributed by atoms with van der Waals surface area (Å²) in [4.78, 5) is 122. The van der Waals surface area contributed by atoms with Crippen molar-refractivity contribution in [1.82, 2.24) is 0 Å². The van der Waals surface area contributed by atoms with Crippen molar-refractivity contribution in [3.63, 3.8) is 0 Å². The van der Waals surface area contributed by atoms with Crippen LogP contribution in [0.3, 0.4) is 0 Å². The Kier molecular flexibility index (Phi) is 115. The molecule has 6 rings (SSSR count). The van der Waals surface area contributed by atoms with Gasteiger partial charge in [0.05, 0.1) is 71.6 Å². The maximum atomic E-state index is 10.2. The Morgan fingerprint density at radius 2 is 0.174 bits per heavy atom. The SMILES string of the molecule is O=C([O-])c1ccc(C(=O)[O-])cc1.O=C([O-])c1ccc(C(=O)[O-])cc1.O=C([O-])c1ccc(C(=O)[O-])cc1.O=C([O-])c1ccc(C(=O)[O-])cc1.O=C([O-])c1ccc(C(=O)[O-])cc1.O=C([O-])c1ccc(C(=O)[O-])cc1.[O-2].[O-2].[O-2].[O-2].[O-2].[O-2].[O-2].[O-2].[OH-].[OH-].[OH-].[OH-].[Ti+4].[Ti+4].[Ti+4].[Ti+4].[Ti+4].[Ti+4].[Ti+4].[Ti+4]. The molecule has 468 valence electrons. The Hall–Kier alpha value is -5.81. The van der Waals surface area contributed by atoms with E-state index < -0.39 is 71.6 Å². The Morgan fingerprint density at radius 3 is 0.196 bits per heavy atom. The Morgan fingerprint density at radius 1 is 0.141 bits per heavy atom. The molecule has 0 radical (unpaired) electrons. The third kappa shape index (κ3) is 55.8. The summed E-state index contributed by atoms with van der Waals surface area (Å²) in [6, 6.07) is 27.7. The first-order valence-corrected chi connectivity index (χ1v) is 18.8. The van der Waals surface area contributed by atoms with Gasteiger partial charge >= 0.3 is 174 Å². The molecule has 4 N–H and O–H groups in total. The van der Waals surface area contributed by atoms with Crippen LogP contribution in [0, 0.1) is 0 Å². The van der Waals surface area contributed by atoms with Crippen LogP contribution in [0.15, 0.2) is 146 Å². The second-order valence-electron chi connectivity index (χ2n) is 12.9. The summed E-state index contributed by atoms with van der Waals surface area (Å²) >= 11 is 0. The monoisotopic (exact) mass is 1560 g/mol. The van der Waals surface area contributed by atoms with Gasteiger partial charge in [0.2, 0.25) is 0 Å². The first kappa shape index (κ1) is 143. The number of carbonyl (C=O) groups is 12. The van der Waals surface area contributed by atoms with Crippen LogP contribution in [0.25, 0.3) is 0 Å². The van der Waals surface area contributed by atoms with Gasteiger partial charge in [-0.15, -0.1) is 0 Å². The van der Waals surface area contributed by atoms with E-state index in [0.717, 1.165) is 146 Å². The van der Waals surface area contributed by atoms with E-state index in [2.05, 4.69) is 0 Å². The number of carboxylic acid groups (broad SMARTS) is 12. The quantitative estimate of drug-likeness (QED) is 0.103. The van der Waals surface area contributed by atoms with Crippen molar-refractivity contribution >= 4 is 71.6 Å². The van der Waals surface area contributed by atoms with Crippen LogP contribution in [-0.2, 0) is 218 Å². The minimum Gasteiger partial charge on any atom is -2.00 e. The van der Waals surface area contributed by atoms with Crippen molar-refractivity contribution in [3.05, 3.63) is 212 Å². The number of benzene rings is 6. The van der Waals surface area contributed by atoms with E-state index in [9.17, 15) is 119 Å². The van der Waals surface area contributed by atoms with Gasteiger partial charge in [0.25, 0.3) is 0 Å². The molecule has 0 spiro atoms. The summed E-state index contributed by atoms with van der Waals surface area (Å²) in [5.41, 5.74) is -0.667. The van der Waals surface area contributed by atoms with Gasteiger partial charge in [-0.05, 0) is 66.8 Å². The average molecular weight is 1560 g/mol. The van der Waals surface area contributed by atoms with E-state index in [4.69, 9.17) is 0 Å². The van der Waals surface area contributed by atoms with Gasteiger partial charge in [0.15, 0.2) is 0 Å². The van der Waals surface area contributed by atoms with E-state index in [0.29, 0.717) is 0 Å². The smallest absolute Gasteiger partial charge is 2.00 e. The Balaban J connectivity index is -0.0000000360. The van der Waals surface area contributed by atoms with Gasteiger partial charge in [0.1, 0.15) is 0 Å². The van der Waals surface area contributed by atoms with E-state index in [-0.39, 0.29) is 306 Å². The van der Waals surface area contributed by atoms with Crippen molar-refractivity contribution in [3.8, 4) is 0 Å². The molecule has 0 saturated heterocycles. The number of hydrogen-bond acceptors (Lipinski definition) is 28. The minimum absolute atomic E-state index is 0. The summed E-state index contributed by atoms with van der Waals surface area (Å²) in [6.07, 6.45) is 0.